The molecule has 3 rings (SSSR count). The summed E-state index contributed by atoms with van der Waals surface area (Å²) in [6.45, 7) is 7.20. The maximum Gasteiger partial charge on any atom is 0.118 e. The highest BCUT2D eigenvalue weighted by atomic mass is 16.5. The molecule has 2 heterocycles. The van der Waals surface area contributed by atoms with Crippen molar-refractivity contribution in [2.24, 2.45) is 0 Å². The number of piperazine rings is 1. The molecule has 0 aromatic heterocycles. The van der Waals surface area contributed by atoms with E-state index in [1.54, 1.807) is 7.11 Å². The molecule has 0 saturated carbocycles. The van der Waals surface area contributed by atoms with E-state index in [0.717, 1.165) is 18.3 Å². The lowest BCUT2D eigenvalue weighted by Crippen LogP contribution is -2.54. The number of methoxy groups -OCH3 is 1. The highest BCUT2D eigenvalue weighted by Crippen LogP contribution is 2.26. The van der Waals surface area contributed by atoms with Gasteiger partial charge in [0.15, 0.2) is 0 Å². The Kier molecular flexibility index (Phi) is 3.76. The highest BCUT2D eigenvalue weighted by Gasteiger charge is 2.34. The van der Waals surface area contributed by atoms with E-state index in [2.05, 4.69) is 41.0 Å². The minimum Gasteiger partial charge on any atom is -0.497 e. The zero-order valence-electron chi connectivity index (χ0n) is 12.0. The van der Waals surface area contributed by atoms with Crippen LogP contribution in [0.25, 0.3) is 0 Å². The van der Waals surface area contributed by atoms with Crippen molar-refractivity contribution in [3.8, 4) is 5.75 Å². The van der Waals surface area contributed by atoms with Gasteiger partial charge in [-0.25, -0.2) is 0 Å². The summed E-state index contributed by atoms with van der Waals surface area (Å²) in [6, 6.07) is 9.96. The Morgan fingerprint density at radius 2 is 2.00 bits per heavy atom. The molecule has 0 amide bonds. The maximum atomic E-state index is 5.22. The van der Waals surface area contributed by atoms with Crippen LogP contribution in [0.2, 0.25) is 0 Å². The average molecular weight is 260 g/mol. The van der Waals surface area contributed by atoms with E-state index in [9.17, 15) is 0 Å². The molecule has 3 nitrogen and oxygen atoms in total. The summed E-state index contributed by atoms with van der Waals surface area (Å²) in [5.41, 5.74) is 1.39. The number of nitrogens with zero attached hydrogens (tertiary/aromatic N) is 2. The normalized spacial score (nSPS) is 28.3. The minimum absolute atomic E-state index is 0.663. The molecule has 19 heavy (non-hydrogen) atoms. The summed E-state index contributed by atoms with van der Waals surface area (Å²) in [6.07, 6.45) is 2.76. The lowest BCUT2D eigenvalue weighted by atomic mass is 10.1. The minimum atomic E-state index is 0.663. The van der Waals surface area contributed by atoms with Crippen molar-refractivity contribution in [1.82, 2.24) is 9.80 Å². The summed E-state index contributed by atoms with van der Waals surface area (Å²) < 4.78 is 5.22. The Balaban J connectivity index is 1.64. The van der Waals surface area contributed by atoms with Gasteiger partial charge in [-0.05, 0) is 44.0 Å². The predicted molar refractivity (Wildman–Crippen MR) is 77.5 cm³/mol. The first-order valence-electron chi connectivity index (χ1n) is 7.37. The fraction of sp³-hybridized carbons (Fsp3) is 0.625. The molecule has 2 fully saturated rings. The molecule has 104 valence electrons. The first kappa shape index (κ1) is 12.9. The lowest BCUT2D eigenvalue weighted by Gasteiger charge is -2.42. The van der Waals surface area contributed by atoms with Gasteiger partial charge in [-0.2, -0.15) is 0 Å². The van der Waals surface area contributed by atoms with Gasteiger partial charge in [0.25, 0.3) is 0 Å². The molecule has 2 aliphatic rings. The molecule has 2 saturated heterocycles. The van der Waals surface area contributed by atoms with Gasteiger partial charge in [0.2, 0.25) is 0 Å². The van der Waals surface area contributed by atoms with Crippen LogP contribution in [0.5, 0.6) is 5.75 Å². The Bertz CT molecular complexity index is 417. The second kappa shape index (κ2) is 5.51. The first-order chi connectivity index (χ1) is 9.26. The van der Waals surface area contributed by atoms with Crippen molar-refractivity contribution in [3.63, 3.8) is 0 Å². The fourth-order valence-electron chi connectivity index (χ4n) is 3.43. The third-order valence-corrected chi connectivity index (χ3v) is 4.61. The van der Waals surface area contributed by atoms with Crippen molar-refractivity contribution >= 4 is 0 Å². The van der Waals surface area contributed by atoms with Crippen LogP contribution in [-0.4, -0.2) is 48.6 Å². The smallest absolute Gasteiger partial charge is 0.118 e. The zero-order valence-corrected chi connectivity index (χ0v) is 12.0. The number of fused-ring (bicyclic) bond motifs is 1. The summed E-state index contributed by atoms with van der Waals surface area (Å²) in [7, 11) is 1.72. The first-order valence-corrected chi connectivity index (χ1v) is 7.37. The number of ether oxygens (including phenoxy) is 1. The molecule has 0 aliphatic carbocycles. The van der Waals surface area contributed by atoms with Crippen LogP contribution in [0.4, 0.5) is 0 Å². The quantitative estimate of drug-likeness (QED) is 0.830. The van der Waals surface area contributed by atoms with Gasteiger partial charge in [0, 0.05) is 31.7 Å². The second-order valence-corrected chi connectivity index (χ2v) is 5.92. The summed E-state index contributed by atoms with van der Waals surface area (Å²) in [5, 5.41) is 0. The number of hydrogen-bond acceptors (Lipinski definition) is 3. The monoisotopic (exact) mass is 260 g/mol. The average Bonchev–Trinajstić information content (AvgIpc) is 2.87. The Morgan fingerprint density at radius 1 is 1.21 bits per heavy atom. The van der Waals surface area contributed by atoms with E-state index in [0.29, 0.717) is 6.04 Å². The van der Waals surface area contributed by atoms with E-state index in [1.165, 1.54) is 38.0 Å². The van der Waals surface area contributed by atoms with Crippen LogP contribution in [0.1, 0.15) is 25.3 Å². The third kappa shape index (κ3) is 2.77. The predicted octanol–water partition coefficient (Wildman–Crippen LogP) is 2.36. The van der Waals surface area contributed by atoms with Crippen molar-refractivity contribution < 1.29 is 4.74 Å². The van der Waals surface area contributed by atoms with Gasteiger partial charge < -0.3 is 4.74 Å². The number of hydrogen-bond donors (Lipinski definition) is 0. The molecule has 2 aliphatic heterocycles. The molecule has 0 radical (unpaired) electrons. The van der Waals surface area contributed by atoms with Crippen LogP contribution in [0.15, 0.2) is 24.3 Å². The molecular weight excluding hydrogens is 236 g/mol. The standard InChI is InChI=1S/C16H24N2O/c1-13-10-17-9-3-4-15(17)12-18(13)11-14-5-7-16(19-2)8-6-14/h5-8,13,15H,3-4,9-12H2,1-2H3/t13-,15?/m0/s1. The van der Waals surface area contributed by atoms with E-state index in [-0.39, 0.29) is 0 Å². The van der Waals surface area contributed by atoms with Gasteiger partial charge in [0.05, 0.1) is 7.11 Å². The number of rotatable bonds is 3. The number of benzene rings is 1. The molecular formula is C16H24N2O. The van der Waals surface area contributed by atoms with Crippen molar-refractivity contribution in [2.75, 3.05) is 26.7 Å². The molecule has 3 heteroatoms. The van der Waals surface area contributed by atoms with Crippen molar-refractivity contribution in [3.05, 3.63) is 29.8 Å². The lowest BCUT2D eigenvalue weighted by molar-refractivity contribution is 0.0540. The Morgan fingerprint density at radius 3 is 2.74 bits per heavy atom. The second-order valence-electron chi connectivity index (χ2n) is 5.92. The van der Waals surface area contributed by atoms with Gasteiger partial charge in [0.1, 0.15) is 5.75 Å². The summed E-state index contributed by atoms with van der Waals surface area (Å²) >= 11 is 0. The summed E-state index contributed by atoms with van der Waals surface area (Å²) in [5.74, 6) is 0.942. The van der Waals surface area contributed by atoms with E-state index in [1.807, 2.05) is 0 Å². The van der Waals surface area contributed by atoms with Crippen LogP contribution in [0.3, 0.4) is 0 Å². The molecule has 1 aromatic rings. The Labute approximate surface area is 116 Å². The van der Waals surface area contributed by atoms with Gasteiger partial charge >= 0.3 is 0 Å². The molecule has 0 bridgehead atoms. The molecule has 1 aromatic carbocycles. The maximum absolute atomic E-state index is 5.22. The van der Waals surface area contributed by atoms with Crippen LogP contribution in [-0.2, 0) is 6.54 Å². The molecule has 2 atom stereocenters. The summed E-state index contributed by atoms with van der Waals surface area (Å²) in [4.78, 5) is 5.31. The Hall–Kier alpha value is -1.06. The fourth-order valence-corrected chi connectivity index (χ4v) is 3.43. The highest BCUT2D eigenvalue weighted by molar-refractivity contribution is 5.27. The molecule has 1 unspecified atom stereocenters. The van der Waals surface area contributed by atoms with Gasteiger partial charge in [-0.1, -0.05) is 12.1 Å². The SMILES string of the molecule is COc1ccc(CN2CC3CCCN3C[C@@H]2C)cc1. The molecule has 0 spiro atoms. The van der Waals surface area contributed by atoms with E-state index >= 15 is 0 Å². The van der Waals surface area contributed by atoms with Crippen LogP contribution < -0.4 is 4.74 Å². The van der Waals surface area contributed by atoms with Crippen molar-refractivity contribution in [2.45, 2.75) is 38.4 Å². The van der Waals surface area contributed by atoms with Crippen molar-refractivity contribution in [1.29, 1.82) is 0 Å². The van der Waals surface area contributed by atoms with E-state index in [4.69, 9.17) is 4.74 Å². The van der Waals surface area contributed by atoms with Gasteiger partial charge in [-0.3, -0.25) is 9.80 Å². The topological polar surface area (TPSA) is 15.7 Å². The van der Waals surface area contributed by atoms with Crippen LogP contribution in [0, 0.1) is 0 Å². The zero-order chi connectivity index (χ0) is 13.2. The largest absolute Gasteiger partial charge is 0.497 e. The third-order valence-electron chi connectivity index (χ3n) is 4.61. The van der Waals surface area contributed by atoms with E-state index < -0.39 is 0 Å². The molecule has 0 N–H and O–H groups in total. The van der Waals surface area contributed by atoms with Crippen LogP contribution >= 0.6 is 0 Å². The van der Waals surface area contributed by atoms with Gasteiger partial charge in [-0.15, -0.1) is 0 Å².